The maximum absolute atomic E-state index is 14.4. The molecule has 0 unspecified atom stereocenters. The van der Waals surface area contributed by atoms with Crippen molar-refractivity contribution < 1.29 is 34.4 Å². The van der Waals surface area contributed by atoms with Crippen LogP contribution in [0.2, 0.25) is 0 Å². The molecule has 0 aromatic heterocycles. The van der Waals surface area contributed by atoms with Crippen molar-refractivity contribution in [1.82, 2.24) is 10.2 Å². The van der Waals surface area contributed by atoms with Gasteiger partial charge in [-0.1, -0.05) is 25.7 Å². The SMILES string of the molecule is COc1cc(CO)cc2c1O[C@@H]1[C@@H](O)[C@H](N(CC34CC5CC(CC(C5)C3)C4)C(=O)CCC3CCCC3)C=C(C(=O)NCCO)[C@H]21. The number of benzene rings is 1. The molecule has 246 valence electrons. The van der Waals surface area contributed by atoms with E-state index in [-0.39, 0.29) is 37.0 Å². The third-order valence-corrected chi connectivity index (χ3v) is 12.1. The minimum absolute atomic E-state index is 0.0558. The first-order valence-corrected chi connectivity index (χ1v) is 17.4. The number of aliphatic hydroxyl groups is 3. The summed E-state index contributed by atoms with van der Waals surface area (Å²) in [6.45, 7) is 0.278. The van der Waals surface area contributed by atoms with Gasteiger partial charge in [0.15, 0.2) is 11.5 Å². The molecule has 2 amide bonds. The summed E-state index contributed by atoms with van der Waals surface area (Å²) in [5.41, 5.74) is 1.76. The van der Waals surface area contributed by atoms with Gasteiger partial charge >= 0.3 is 0 Å². The van der Waals surface area contributed by atoms with E-state index in [0.717, 1.165) is 43.4 Å². The lowest BCUT2D eigenvalue weighted by Crippen LogP contribution is -2.59. The Balaban J connectivity index is 1.26. The lowest BCUT2D eigenvalue weighted by Gasteiger charge is -2.58. The van der Waals surface area contributed by atoms with Gasteiger partial charge in [-0.3, -0.25) is 9.59 Å². The second-order valence-corrected chi connectivity index (χ2v) is 15.1. The molecule has 6 aliphatic carbocycles. The molecular weight excluding hydrogens is 572 g/mol. The number of methoxy groups -OCH3 is 1. The molecule has 7 aliphatic rings. The zero-order valence-corrected chi connectivity index (χ0v) is 26.6. The first kappa shape index (κ1) is 31.0. The topological polar surface area (TPSA) is 129 Å². The molecule has 0 saturated heterocycles. The summed E-state index contributed by atoms with van der Waals surface area (Å²) in [4.78, 5) is 30.1. The van der Waals surface area contributed by atoms with E-state index >= 15 is 0 Å². The molecule has 5 saturated carbocycles. The zero-order valence-electron chi connectivity index (χ0n) is 26.6. The average molecular weight is 623 g/mol. The van der Waals surface area contributed by atoms with E-state index in [9.17, 15) is 24.9 Å². The fourth-order valence-corrected chi connectivity index (χ4v) is 10.6. The van der Waals surface area contributed by atoms with Gasteiger partial charge < -0.3 is 35.0 Å². The molecule has 9 heteroatoms. The summed E-state index contributed by atoms with van der Waals surface area (Å²) >= 11 is 0. The summed E-state index contributed by atoms with van der Waals surface area (Å²) in [6, 6.07) is 2.80. The highest BCUT2D eigenvalue weighted by Gasteiger charge is 2.55. The maximum Gasteiger partial charge on any atom is 0.247 e. The molecule has 4 N–H and O–H groups in total. The molecule has 4 bridgehead atoms. The van der Waals surface area contributed by atoms with Crippen LogP contribution >= 0.6 is 0 Å². The van der Waals surface area contributed by atoms with Gasteiger partial charge in [0.1, 0.15) is 12.2 Å². The van der Waals surface area contributed by atoms with Crippen molar-refractivity contribution in [3.8, 4) is 11.5 Å². The van der Waals surface area contributed by atoms with Crippen LogP contribution in [0.1, 0.15) is 94.1 Å². The third kappa shape index (κ3) is 5.78. The standard InChI is InChI=1S/C36H50N2O7/c1-44-29-14-25(19-40)13-26-31-27(35(43)37-8-9-39)15-28(32(42)34(31)45-33(26)29)38(30(41)7-6-21-4-2-3-5-21)20-36-16-22-10-23(17-36)12-24(11-22)18-36/h13-15,21-24,28,31-32,34,39-40,42H,2-12,16-20H2,1H3,(H,37,43)/t22?,23?,24?,28-,31+,32+,34+,36?/m1/s1. The smallest absolute Gasteiger partial charge is 0.247 e. The van der Waals surface area contributed by atoms with Crippen LogP contribution in [0.15, 0.2) is 23.8 Å². The van der Waals surface area contributed by atoms with Crippen molar-refractivity contribution in [2.75, 3.05) is 26.8 Å². The second-order valence-electron chi connectivity index (χ2n) is 15.1. The van der Waals surface area contributed by atoms with Crippen molar-refractivity contribution in [2.24, 2.45) is 29.1 Å². The monoisotopic (exact) mass is 622 g/mol. The van der Waals surface area contributed by atoms with Crippen LogP contribution in [0.3, 0.4) is 0 Å². The summed E-state index contributed by atoms with van der Waals surface area (Å²) < 4.78 is 12.1. The predicted molar refractivity (Wildman–Crippen MR) is 168 cm³/mol. The van der Waals surface area contributed by atoms with Gasteiger partial charge in [-0.25, -0.2) is 0 Å². The zero-order chi connectivity index (χ0) is 31.3. The Hall–Kier alpha value is -2.62. The Morgan fingerprint density at radius 2 is 1.76 bits per heavy atom. The van der Waals surface area contributed by atoms with Gasteiger partial charge in [0.25, 0.3) is 0 Å². The summed E-state index contributed by atoms with van der Waals surface area (Å²) in [6.07, 6.45) is 13.4. The Labute approximate surface area is 266 Å². The molecular formula is C36H50N2O7. The Bertz CT molecular complexity index is 1290. The number of hydrogen-bond acceptors (Lipinski definition) is 7. The van der Waals surface area contributed by atoms with Gasteiger partial charge in [-0.2, -0.15) is 0 Å². The Kier molecular flexibility index (Phi) is 8.63. The number of fused-ring (bicyclic) bond motifs is 3. The fraction of sp³-hybridized carbons (Fsp3) is 0.722. The van der Waals surface area contributed by atoms with Gasteiger partial charge in [-0.05, 0) is 97.8 Å². The van der Waals surface area contributed by atoms with E-state index in [0.29, 0.717) is 47.1 Å². The first-order valence-electron chi connectivity index (χ1n) is 17.4. The molecule has 4 atom stereocenters. The molecule has 1 aromatic rings. The number of carbonyl (C=O) groups is 2. The number of nitrogens with zero attached hydrogens (tertiary/aromatic N) is 1. The summed E-state index contributed by atoms with van der Waals surface area (Å²) in [5, 5.41) is 34.4. The Morgan fingerprint density at radius 1 is 1.07 bits per heavy atom. The van der Waals surface area contributed by atoms with E-state index < -0.39 is 24.2 Å². The van der Waals surface area contributed by atoms with Crippen LogP contribution in [0, 0.1) is 29.1 Å². The average Bonchev–Trinajstić information content (AvgIpc) is 3.69. The molecule has 5 fully saturated rings. The van der Waals surface area contributed by atoms with Crippen molar-refractivity contribution >= 4 is 11.8 Å². The van der Waals surface area contributed by atoms with Crippen molar-refractivity contribution in [3.05, 3.63) is 34.9 Å². The molecule has 8 rings (SSSR count). The molecule has 9 nitrogen and oxygen atoms in total. The van der Waals surface area contributed by atoms with Crippen molar-refractivity contribution in [1.29, 1.82) is 0 Å². The molecule has 1 heterocycles. The first-order chi connectivity index (χ1) is 21.8. The van der Waals surface area contributed by atoms with Gasteiger partial charge in [0.05, 0.1) is 32.3 Å². The number of aliphatic hydroxyl groups excluding tert-OH is 3. The van der Waals surface area contributed by atoms with E-state index in [1.165, 1.54) is 52.1 Å². The minimum atomic E-state index is -1.07. The van der Waals surface area contributed by atoms with Crippen molar-refractivity contribution in [2.45, 2.75) is 108 Å². The molecule has 1 aromatic carbocycles. The lowest BCUT2D eigenvalue weighted by atomic mass is 9.49. The second kappa shape index (κ2) is 12.5. The quantitative estimate of drug-likeness (QED) is 0.295. The summed E-state index contributed by atoms with van der Waals surface area (Å²) in [7, 11) is 1.53. The lowest BCUT2D eigenvalue weighted by molar-refractivity contribution is -0.145. The maximum atomic E-state index is 14.4. The Morgan fingerprint density at radius 3 is 2.38 bits per heavy atom. The van der Waals surface area contributed by atoms with Crippen LogP contribution < -0.4 is 14.8 Å². The molecule has 0 radical (unpaired) electrons. The molecule has 0 spiro atoms. The largest absolute Gasteiger partial charge is 0.493 e. The number of nitrogens with one attached hydrogen (secondary N) is 1. The fourth-order valence-electron chi connectivity index (χ4n) is 10.6. The summed E-state index contributed by atoms with van der Waals surface area (Å²) in [5.74, 6) is 2.73. The van der Waals surface area contributed by atoms with E-state index in [4.69, 9.17) is 9.47 Å². The van der Waals surface area contributed by atoms with E-state index in [2.05, 4.69) is 5.32 Å². The highest BCUT2D eigenvalue weighted by atomic mass is 16.5. The van der Waals surface area contributed by atoms with Crippen LogP contribution in [0.4, 0.5) is 0 Å². The van der Waals surface area contributed by atoms with Crippen molar-refractivity contribution in [3.63, 3.8) is 0 Å². The van der Waals surface area contributed by atoms with Gasteiger partial charge in [0, 0.05) is 30.6 Å². The number of hydrogen-bond donors (Lipinski definition) is 4. The van der Waals surface area contributed by atoms with E-state index in [1.807, 2.05) is 17.0 Å². The number of amides is 2. The highest BCUT2D eigenvalue weighted by Crippen LogP contribution is 2.60. The van der Waals surface area contributed by atoms with E-state index in [1.54, 1.807) is 6.07 Å². The number of carbonyl (C=O) groups excluding carboxylic acids is 2. The van der Waals surface area contributed by atoms with Gasteiger partial charge in [0.2, 0.25) is 11.8 Å². The van der Waals surface area contributed by atoms with Crippen LogP contribution in [0.5, 0.6) is 11.5 Å². The molecule has 45 heavy (non-hydrogen) atoms. The minimum Gasteiger partial charge on any atom is -0.493 e. The molecule has 1 aliphatic heterocycles. The van der Waals surface area contributed by atoms with Crippen LogP contribution in [-0.2, 0) is 16.2 Å². The highest BCUT2D eigenvalue weighted by molar-refractivity contribution is 5.96. The van der Waals surface area contributed by atoms with Gasteiger partial charge in [-0.15, -0.1) is 0 Å². The van der Waals surface area contributed by atoms with Crippen LogP contribution in [-0.4, -0.2) is 77.1 Å². The third-order valence-electron chi connectivity index (χ3n) is 12.1. The number of ether oxygens (including phenoxy) is 2. The number of rotatable bonds is 11. The normalized spacial score (nSPS) is 34.6. The predicted octanol–water partition coefficient (Wildman–Crippen LogP) is 3.83. The van der Waals surface area contributed by atoms with Crippen LogP contribution in [0.25, 0.3) is 0 Å².